The van der Waals surface area contributed by atoms with E-state index < -0.39 is 0 Å². The van der Waals surface area contributed by atoms with Gasteiger partial charge in [0.15, 0.2) is 0 Å². The van der Waals surface area contributed by atoms with Crippen LogP contribution in [0, 0.1) is 0 Å². The first-order valence-corrected chi connectivity index (χ1v) is 14.5. The van der Waals surface area contributed by atoms with Gasteiger partial charge in [0.1, 0.15) is 0 Å². The highest BCUT2D eigenvalue weighted by molar-refractivity contribution is 7.81. The van der Waals surface area contributed by atoms with Gasteiger partial charge in [-0.1, -0.05) is 29.8 Å². The molecule has 11 heteroatoms. The molecule has 1 saturated heterocycles. The van der Waals surface area contributed by atoms with E-state index in [0.29, 0.717) is 54.0 Å². The zero-order valence-electron chi connectivity index (χ0n) is 23.1. The molecule has 1 fully saturated rings. The Morgan fingerprint density at radius 3 is 2.76 bits per heavy atom. The summed E-state index contributed by atoms with van der Waals surface area (Å²) in [4.78, 5) is 41.9. The van der Waals surface area contributed by atoms with Crippen molar-refractivity contribution in [2.75, 3.05) is 44.4 Å². The molecule has 3 N–H and O–H groups in total. The number of halogens is 1. The number of piperidine rings is 1. The highest BCUT2D eigenvalue weighted by Gasteiger charge is 2.25. The molecule has 1 aliphatic heterocycles. The average Bonchev–Trinajstić information content (AvgIpc) is 3.38. The predicted octanol–water partition coefficient (Wildman–Crippen LogP) is 5.18. The maximum atomic E-state index is 13.3. The molecule has 0 spiro atoms. The Morgan fingerprint density at radius 1 is 1.20 bits per heavy atom. The molecule has 2 amide bonds. The van der Waals surface area contributed by atoms with Gasteiger partial charge in [-0.3, -0.25) is 9.59 Å². The van der Waals surface area contributed by atoms with E-state index in [-0.39, 0.29) is 23.1 Å². The number of amides is 2. The molecule has 1 aliphatic rings. The minimum atomic E-state index is -0.104. The number of hydrogen-bond acceptors (Lipinski definition) is 7. The fraction of sp³-hybridized carbons (Fsp3) is 0.333. The summed E-state index contributed by atoms with van der Waals surface area (Å²) in [6.07, 6.45) is 5.58. The van der Waals surface area contributed by atoms with Crippen LogP contribution in [-0.2, 0) is 4.79 Å². The summed E-state index contributed by atoms with van der Waals surface area (Å²) in [5.41, 5.74) is 3.80. The van der Waals surface area contributed by atoms with Gasteiger partial charge in [0.2, 0.25) is 11.9 Å². The summed E-state index contributed by atoms with van der Waals surface area (Å²) in [5, 5.41) is 7.76. The minimum Gasteiger partial charge on any atom is -0.360 e. The number of nitrogens with zero attached hydrogens (tertiary/aromatic N) is 4. The summed E-state index contributed by atoms with van der Waals surface area (Å²) >= 11 is 11.0. The van der Waals surface area contributed by atoms with Crippen molar-refractivity contribution in [3.63, 3.8) is 0 Å². The lowest BCUT2D eigenvalue weighted by Gasteiger charge is -2.33. The number of benzene rings is 2. The molecule has 214 valence electrons. The molecule has 2 aromatic carbocycles. The number of rotatable bonds is 9. The molecular formula is C30H34ClN7O2S. The highest BCUT2D eigenvalue weighted by atomic mass is 35.5. The molecule has 9 nitrogen and oxygen atoms in total. The lowest BCUT2D eigenvalue weighted by atomic mass is 10.0. The monoisotopic (exact) mass is 591 g/mol. The number of likely N-dealkylation sites (tertiary alicyclic amines) is 1. The standard InChI is InChI=1S/C30H34ClN7O2S/c1-37(2)18-22(41)14-27(39)34-20-11-9-19(10-12-20)29(40)38-13-5-6-21(17-38)35-30-33-16-25(31)28(36-30)24-15-32-26-8-4-3-7-23(24)26/h3-4,7-12,15-16,21-22,32,41H,5-6,13-14,17-18H2,1-2H3,(H,34,39)(H,33,35,36)/t21-,22-/m1/s1. The minimum absolute atomic E-state index is 0.000370. The second-order valence-electron chi connectivity index (χ2n) is 10.6. The zero-order chi connectivity index (χ0) is 28.9. The van der Waals surface area contributed by atoms with E-state index in [2.05, 4.69) is 33.2 Å². The number of carbonyl (C=O) groups is 2. The predicted molar refractivity (Wildman–Crippen MR) is 168 cm³/mol. The number of carbonyl (C=O) groups excluding carboxylic acids is 2. The third kappa shape index (κ3) is 7.19. The number of aromatic amines is 1. The molecule has 41 heavy (non-hydrogen) atoms. The summed E-state index contributed by atoms with van der Waals surface area (Å²) in [7, 11) is 3.90. The molecule has 0 radical (unpaired) electrons. The third-order valence-electron chi connectivity index (χ3n) is 7.04. The van der Waals surface area contributed by atoms with Crippen LogP contribution in [0.4, 0.5) is 11.6 Å². The van der Waals surface area contributed by atoms with Crippen molar-refractivity contribution in [1.29, 1.82) is 0 Å². The molecule has 2 atom stereocenters. The molecular weight excluding hydrogens is 558 g/mol. The maximum absolute atomic E-state index is 13.3. The summed E-state index contributed by atoms with van der Waals surface area (Å²) in [5.74, 6) is 0.323. The lowest BCUT2D eigenvalue weighted by molar-refractivity contribution is -0.116. The van der Waals surface area contributed by atoms with E-state index >= 15 is 0 Å². The zero-order valence-corrected chi connectivity index (χ0v) is 24.8. The van der Waals surface area contributed by atoms with Crippen LogP contribution in [0.3, 0.4) is 0 Å². The highest BCUT2D eigenvalue weighted by Crippen LogP contribution is 2.32. The van der Waals surface area contributed by atoms with Crippen molar-refractivity contribution in [2.45, 2.75) is 30.6 Å². The van der Waals surface area contributed by atoms with Gasteiger partial charge in [-0.05, 0) is 57.3 Å². The Bertz CT molecular complexity index is 1530. The van der Waals surface area contributed by atoms with Gasteiger partial charge in [0.05, 0.1) is 16.9 Å². The molecule has 2 aromatic heterocycles. The van der Waals surface area contributed by atoms with Gasteiger partial charge in [0, 0.05) is 71.3 Å². The number of hydrogen-bond donors (Lipinski definition) is 4. The van der Waals surface area contributed by atoms with Crippen molar-refractivity contribution in [2.24, 2.45) is 0 Å². The largest absolute Gasteiger partial charge is 0.360 e. The summed E-state index contributed by atoms with van der Waals surface area (Å²) in [6, 6.07) is 15.0. The summed E-state index contributed by atoms with van der Waals surface area (Å²) in [6.45, 7) is 1.92. The Kier molecular flexibility index (Phi) is 9.12. The van der Waals surface area contributed by atoms with Crippen LogP contribution in [0.15, 0.2) is 60.9 Å². The Balaban J connectivity index is 1.20. The smallest absolute Gasteiger partial charge is 0.253 e. The van der Waals surface area contributed by atoms with Crippen molar-refractivity contribution in [1.82, 2.24) is 24.8 Å². The number of fused-ring (bicyclic) bond motifs is 1. The molecule has 3 heterocycles. The van der Waals surface area contributed by atoms with Crippen LogP contribution in [0.2, 0.25) is 5.02 Å². The fourth-order valence-electron chi connectivity index (χ4n) is 5.15. The normalized spacial score (nSPS) is 16.1. The van der Waals surface area contributed by atoms with E-state index in [4.69, 9.17) is 16.6 Å². The van der Waals surface area contributed by atoms with E-state index in [9.17, 15) is 9.59 Å². The first-order valence-electron chi connectivity index (χ1n) is 13.6. The van der Waals surface area contributed by atoms with Crippen LogP contribution in [0.25, 0.3) is 22.2 Å². The van der Waals surface area contributed by atoms with Gasteiger partial charge in [-0.2, -0.15) is 12.6 Å². The second-order valence-corrected chi connectivity index (χ2v) is 11.8. The van der Waals surface area contributed by atoms with E-state index in [1.807, 2.05) is 54.4 Å². The molecule has 5 rings (SSSR count). The number of para-hydroxylation sites is 1. The van der Waals surface area contributed by atoms with Crippen LogP contribution < -0.4 is 10.6 Å². The molecule has 0 bridgehead atoms. The molecule has 4 aromatic rings. The molecule has 0 saturated carbocycles. The van der Waals surface area contributed by atoms with E-state index in [0.717, 1.165) is 29.3 Å². The number of aromatic nitrogens is 3. The van der Waals surface area contributed by atoms with Crippen molar-refractivity contribution in [3.8, 4) is 11.3 Å². The third-order valence-corrected chi connectivity index (χ3v) is 7.67. The van der Waals surface area contributed by atoms with Crippen LogP contribution >= 0.6 is 24.2 Å². The van der Waals surface area contributed by atoms with Gasteiger partial charge in [-0.25, -0.2) is 9.97 Å². The van der Waals surface area contributed by atoms with Crippen LogP contribution in [-0.4, -0.2) is 81.6 Å². The van der Waals surface area contributed by atoms with Gasteiger partial charge in [0.25, 0.3) is 5.91 Å². The van der Waals surface area contributed by atoms with Crippen molar-refractivity contribution >= 4 is 58.6 Å². The quantitative estimate of drug-likeness (QED) is 0.200. The van der Waals surface area contributed by atoms with Gasteiger partial charge in [-0.15, -0.1) is 0 Å². The van der Waals surface area contributed by atoms with Gasteiger partial charge < -0.3 is 25.4 Å². The Morgan fingerprint density at radius 2 is 1.98 bits per heavy atom. The van der Waals surface area contributed by atoms with Crippen LogP contribution in [0.1, 0.15) is 29.6 Å². The van der Waals surface area contributed by atoms with E-state index in [1.165, 1.54) is 0 Å². The number of H-pyrrole nitrogens is 1. The maximum Gasteiger partial charge on any atom is 0.253 e. The number of anilines is 2. The molecule has 0 aliphatic carbocycles. The molecule has 0 unspecified atom stereocenters. The van der Waals surface area contributed by atoms with Crippen molar-refractivity contribution < 1.29 is 9.59 Å². The second kappa shape index (κ2) is 12.9. The van der Waals surface area contributed by atoms with E-state index in [1.54, 1.807) is 30.5 Å². The Labute approximate surface area is 250 Å². The van der Waals surface area contributed by atoms with Crippen LogP contribution in [0.5, 0.6) is 0 Å². The number of thiol groups is 1. The SMILES string of the molecule is CN(C)C[C@H](S)CC(=O)Nc1ccc(C(=O)N2CCC[C@@H](Nc3ncc(Cl)c(-c4c[nH]c5ccccc45)n3)C2)cc1. The van der Waals surface area contributed by atoms with Gasteiger partial charge >= 0.3 is 0 Å². The summed E-state index contributed by atoms with van der Waals surface area (Å²) < 4.78 is 0. The Hall–Kier alpha value is -3.60. The number of nitrogens with one attached hydrogen (secondary N) is 3. The first-order chi connectivity index (χ1) is 19.8. The average molecular weight is 592 g/mol. The lowest BCUT2D eigenvalue weighted by Crippen LogP contribution is -2.45. The fourth-order valence-corrected chi connectivity index (χ4v) is 5.83. The first kappa shape index (κ1) is 28.9. The topological polar surface area (TPSA) is 106 Å². The van der Waals surface area contributed by atoms with Crippen molar-refractivity contribution in [3.05, 3.63) is 71.5 Å².